The first kappa shape index (κ1) is 21.2. The molecule has 0 aliphatic carbocycles. The van der Waals surface area contributed by atoms with E-state index in [1.165, 1.54) is 17.9 Å². The van der Waals surface area contributed by atoms with Gasteiger partial charge in [0, 0.05) is 45.8 Å². The van der Waals surface area contributed by atoms with Gasteiger partial charge in [-0.25, -0.2) is 24.9 Å². The first-order valence-corrected chi connectivity index (χ1v) is 10.2. The van der Waals surface area contributed by atoms with Crippen LogP contribution in [0.5, 0.6) is 0 Å². The Morgan fingerprint density at radius 3 is 2.50 bits per heavy atom. The minimum Gasteiger partial charge on any atom is -0.371 e. The van der Waals surface area contributed by atoms with Crippen molar-refractivity contribution in [2.75, 3.05) is 42.7 Å². The second-order valence-electron chi connectivity index (χ2n) is 7.18. The van der Waals surface area contributed by atoms with Crippen LogP contribution < -0.4 is 20.9 Å². The predicted octanol–water partition coefficient (Wildman–Crippen LogP) is 0.770. The predicted molar refractivity (Wildman–Crippen MR) is 118 cm³/mol. The molecule has 3 aromatic heterocycles. The Labute approximate surface area is 184 Å². The van der Waals surface area contributed by atoms with Gasteiger partial charge in [0.2, 0.25) is 11.9 Å². The lowest BCUT2D eigenvalue weighted by Gasteiger charge is -2.14. The van der Waals surface area contributed by atoms with Crippen molar-refractivity contribution in [1.29, 1.82) is 0 Å². The Balaban J connectivity index is 1.46. The Hall–Kier alpha value is -4.09. The van der Waals surface area contributed by atoms with Gasteiger partial charge in [-0.15, -0.1) is 0 Å². The zero-order chi connectivity index (χ0) is 22.5. The molecular weight excluding hydrogens is 412 g/mol. The maximum atomic E-state index is 12.6. The van der Waals surface area contributed by atoms with Gasteiger partial charge >= 0.3 is 0 Å². The molecule has 166 valence electrons. The molecule has 32 heavy (non-hydrogen) atoms. The minimum absolute atomic E-state index is 0.107. The number of carbonyl (C=O) groups excluding carboxylic acids is 2. The van der Waals surface area contributed by atoms with Crippen molar-refractivity contribution in [3.8, 4) is 11.4 Å². The van der Waals surface area contributed by atoms with Gasteiger partial charge in [-0.2, -0.15) is 0 Å². The highest BCUT2D eigenvalue weighted by atomic mass is 16.2. The third kappa shape index (κ3) is 4.48. The van der Waals surface area contributed by atoms with Crippen LogP contribution in [0.25, 0.3) is 11.4 Å². The molecule has 0 aromatic carbocycles. The molecule has 0 atom stereocenters. The van der Waals surface area contributed by atoms with Gasteiger partial charge in [0.05, 0.1) is 11.9 Å². The van der Waals surface area contributed by atoms with E-state index in [0.29, 0.717) is 29.0 Å². The van der Waals surface area contributed by atoms with Crippen molar-refractivity contribution >= 4 is 29.4 Å². The van der Waals surface area contributed by atoms with Crippen LogP contribution in [0.2, 0.25) is 0 Å². The Kier molecular flexibility index (Phi) is 6.19. The zero-order valence-electron chi connectivity index (χ0n) is 17.9. The molecule has 4 heterocycles. The van der Waals surface area contributed by atoms with Crippen LogP contribution in [-0.2, 0) is 11.3 Å². The largest absolute Gasteiger partial charge is 0.371 e. The first-order valence-electron chi connectivity index (χ1n) is 10.2. The van der Waals surface area contributed by atoms with Gasteiger partial charge in [-0.05, 0) is 18.9 Å². The van der Waals surface area contributed by atoms with Crippen LogP contribution in [0.15, 0.2) is 31.0 Å². The highest BCUT2D eigenvalue weighted by molar-refractivity contribution is 5.98. The van der Waals surface area contributed by atoms with Gasteiger partial charge in [0.1, 0.15) is 12.4 Å². The number of hydrogen-bond acceptors (Lipinski definition) is 9. The summed E-state index contributed by atoms with van der Waals surface area (Å²) in [6.07, 6.45) is 8.65. The third-order valence-electron chi connectivity index (χ3n) is 5.04. The van der Waals surface area contributed by atoms with Crippen molar-refractivity contribution in [2.45, 2.75) is 19.4 Å². The van der Waals surface area contributed by atoms with E-state index in [4.69, 9.17) is 0 Å². The number of aromatic nitrogens is 6. The van der Waals surface area contributed by atoms with Gasteiger partial charge in [-0.1, -0.05) is 0 Å². The Morgan fingerprint density at radius 1 is 1.06 bits per heavy atom. The molecule has 1 saturated heterocycles. The van der Waals surface area contributed by atoms with Gasteiger partial charge in [-0.3, -0.25) is 9.59 Å². The number of amides is 2. The zero-order valence-corrected chi connectivity index (χ0v) is 17.9. The standard InChI is InChI=1S/C20H24N10O2/c1-21-18-16(19(32)22-2)30(12-26-18)11-15(31)27-14-5-6-23-17(28-14)13-9-24-20(25-10-13)29-7-3-4-8-29/h5-6,9-10,12,21H,3-4,7-8,11H2,1-2H3,(H,22,32)(H,23,27,28,31). The van der Waals surface area contributed by atoms with Crippen LogP contribution in [0.1, 0.15) is 23.3 Å². The number of hydrogen-bond donors (Lipinski definition) is 3. The minimum atomic E-state index is -0.361. The summed E-state index contributed by atoms with van der Waals surface area (Å²) in [5.41, 5.74) is 0.919. The average Bonchev–Trinajstić information content (AvgIpc) is 3.49. The topological polar surface area (TPSA) is 143 Å². The normalized spacial score (nSPS) is 13.1. The van der Waals surface area contributed by atoms with Crippen molar-refractivity contribution in [3.05, 3.63) is 36.7 Å². The summed E-state index contributed by atoms with van der Waals surface area (Å²) in [7, 11) is 3.17. The summed E-state index contributed by atoms with van der Waals surface area (Å²) in [4.78, 5) is 48.5. The Morgan fingerprint density at radius 2 is 1.81 bits per heavy atom. The molecule has 1 fully saturated rings. The number of rotatable bonds is 7. The average molecular weight is 436 g/mol. The van der Waals surface area contributed by atoms with Gasteiger partial charge < -0.3 is 25.4 Å². The highest BCUT2D eigenvalue weighted by Crippen LogP contribution is 2.19. The molecule has 4 rings (SSSR count). The number of nitrogens with one attached hydrogen (secondary N) is 3. The summed E-state index contributed by atoms with van der Waals surface area (Å²) in [5.74, 6) is 1.12. The quantitative estimate of drug-likeness (QED) is 0.489. The van der Waals surface area contributed by atoms with Crippen LogP contribution in [0.4, 0.5) is 17.6 Å². The molecule has 3 aromatic rings. The fourth-order valence-corrected chi connectivity index (χ4v) is 3.46. The van der Waals surface area contributed by atoms with E-state index in [-0.39, 0.29) is 24.1 Å². The number of carbonyl (C=O) groups is 2. The second kappa shape index (κ2) is 9.37. The molecule has 1 aliphatic heterocycles. The molecule has 0 radical (unpaired) electrons. The van der Waals surface area contributed by atoms with E-state index >= 15 is 0 Å². The molecule has 1 aliphatic rings. The van der Waals surface area contributed by atoms with Crippen molar-refractivity contribution < 1.29 is 9.59 Å². The third-order valence-corrected chi connectivity index (χ3v) is 5.04. The van der Waals surface area contributed by atoms with E-state index in [1.54, 1.807) is 31.7 Å². The fourth-order valence-electron chi connectivity index (χ4n) is 3.46. The molecule has 2 amide bonds. The molecule has 0 bridgehead atoms. The van der Waals surface area contributed by atoms with Gasteiger partial charge in [0.15, 0.2) is 17.3 Å². The van der Waals surface area contributed by atoms with E-state index in [9.17, 15) is 9.59 Å². The van der Waals surface area contributed by atoms with E-state index in [1.807, 2.05) is 0 Å². The van der Waals surface area contributed by atoms with Crippen molar-refractivity contribution in [3.63, 3.8) is 0 Å². The molecule has 0 unspecified atom stereocenters. The van der Waals surface area contributed by atoms with Crippen molar-refractivity contribution in [1.82, 2.24) is 34.8 Å². The lowest BCUT2D eigenvalue weighted by molar-refractivity contribution is -0.116. The molecular formula is C20H24N10O2. The number of anilines is 3. The van der Waals surface area contributed by atoms with Crippen LogP contribution in [-0.4, -0.2) is 68.5 Å². The molecule has 0 saturated carbocycles. The smallest absolute Gasteiger partial charge is 0.271 e. The van der Waals surface area contributed by atoms with E-state index in [2.05, 4.69) is 45.8 Å². The summed E-state index contributed by atoms with van der Waals surface area (Å²) in [5, 5.41) is 8.12. The summed E-state index contributed by atoms with van der Waals surface area (Å²) in [6.45, 7) is 1.82. The summed E-state index contributed by atoms with van der Waals surface area (Å²) in [6, 6.07) is 1.59. The molecule has 3 N–H and O–H groups in total. The maximum Gasteiger partial charge on any atom is 0.271 e. The molecule has 12 heteroatoms. The van der Waals surface area contributed by atoms with E-state index < -0.39 is 0 Å². The Bertz CT molecular complexity index is 1110. The lowest BCUT2D eigenvalue weighted by atomic mass is 10.3. The number of nitrogens with zero attached hydrogens (tertiary/aromatic N) is 7. The second-order valence-corrected chi connectivity index (χ2v) is 7.18. The van der Waals surface area contributed by atoms with Crippen LogP contribution in [0.3, 0.4) is 0 Å². The van der Waals surface area contributed by atoms with Crippen LogP contribution >= 0.6 is 0 Å². The maximum absolute atomic E-state index is 12.6. The van der Waals surface area contributed by atoms with Crippen molar-refractivity contribution in [2.24, 2.45) is 0 Å². The molecule has 0 spiro atoms. The fraction of sp³-hybridized carbons (Fsp3) is 0.350. The van der Waals surface area contributed by atoms with E-state index in [0.717, 1.165) is 25.9 Å². The highest BCUT2D eigenvalue weighted by Gasteiger charge is 2.19. The SMILES string of the molecule is CNC(=O)c1c(NC)ncn1CC(=O)Nc1ccnc(-c2cnc(N3CCCC3)nc2)n1. The summed E-state index contributed by atoms with van der Waals surface area (Å²) >= 11 is 0. The number of imidazole rings is 1. The molecule has 12 nitrogen and oxygen atoms in total. The van der Waals surface area contributed by atoms with Gasteiger partial charge in [0.25, 0.3) is 5.91 Å². The summed E-state index contributed by atoms with van der Waals surface area (Å²) < 4.78 is 1.47. The lowest BCUT2D eigenvalue weighted by Crippen LogP contribution is -2.26. The monoisotopic (exact) mass is 436 g/mol. The first-order chi connectivity index (χ1) is 15.6. The van der Waals surface area contributed by atoms with Crippen LogP contribution in [0, 0.1) is 0 Å².